The molecule has 0 aliphatic carbocycles. The van der Waals surface area contributed by atoms with Crippen LogP contribution in [0, 0.1) is 13.8 Å². The quantitative estimate of drug-likeness (QED) is 0.479. The van der Waals surface area contributed by atoms with Crippen molar-refractivity contribution in [3.63, 3.8) is 0 Å². The molecule has 0 bridgehead atoms. The summed E-state index contributed by atoms with van der Waals surface area (Å²) < 4.78 is 1.08. The summed E-state index contributed by atoms with van der Waals surface area (Å²) in [5.41, 5.74) is 5.28. The van der Waals surface area contributed by atoms with Gasteiger partial charge in [-0.05, 0) is 48.7 Å². The molecule has 0 saturated heterocycles. The van der Waals surface area contributed by atoms with E-state index >= 15 is 0 Å². The Hall–Kier alpha value is -3.05. The first-order valence-electron chi connectivity index (χ1n) is 9.21. The molecule has 0 unspecified atom stereocenters. The van der Waals surface area contributed by atoms with E-state index in [-0.39, 0.29) is 5.91 Å². The molecule has 4 nitrogen and oxygen atoms in total. The normalized spacial score (nSPS) is 10.9. The Kier molecular flexibility index (Phi) is 5.17. The SMILES string of the molecule is Cc1ccc(CC(=O)N(Cc2cccnc2)c2nc3ccccc3s2)c(C)c1. The minimum absolute atomic E-state index is 0.0369. The lowest BCUT2D eigenvalue weighted by molar-refractivity contribution is -0.118. The van der Waals surface area contributed by atoms with Crippen LogP contribution >= 0.6 is 11.3 Å². The van der Waals surface area contributed by atoms with Crippen LogP contribution in [0.3, 0.4) is 0 Å². The second kappa shape index (κ2) is 7.90. The Morgan fingerprint density at radius 1 is 1.07 bits per heavy atom. The number of para-hydroxylation sites is 1. The van der Waals surface area contributed by atoms with E-state index in [2.05, 4.69) is 31.0 Å². The summed E-state index contributed by atoms with van der Waals surface area (Å²) in [5.74, 6) is 0.0369. The number of aryl methyl sites for hydroxylation is 2. The van der Waals surface area contributed by atoms with E-state index in [0.717, 1.165) is 32.0 Å². The van der Waals surface area contributed by atoms with Crippen molar-refractivity contribution in [1.82, 2.24) is 9.97 Å². The van der Waals surface area contributed by atoms with Gasteiger partial charge in [-0.2, -0.15) is 0 Å². The number of hydrogen-bond donors (Lipinski definition) is 0. The number of aromatic nitrogens is 2. The van der Waals surface area contributed by atoms with Gasteiger partial charge in [-0.1, -0.05) is 53.3 Å². The Balaban J connectivity index is 1.68. The van der Waals surface area contributed by atoms with Crippen molar-refractivity contribution in [3.05, 3.63) is 89.2 Å². The summed E-state index contributed by atoms with van der Waals surface area (Å²) in [7, 11) is 0. The second-order valence-electron chi connectivity index (χ2n) is 6.91. The number of anilines is 1. The Morgan fingerprint density at radius 3 is 2.68 bits per heavy atom. The number of carbonyl (C=O) groups excluding carboxylic acids is 1. The van der Waals surface area contributed by atoms with Crippen molar-refractivity contribution < 1.29 is 4.79 Å². The molecule has 140 valence electrons. The van der Waals surface area contributed by atoms with Gasteiger partial charge in [0.15, 0.2) is 5.13 Å². The molecule has 1 amide bonds. The van der Waals surface area contributed by atoms with Gasteiger partial charge in [0.2, 0.25) is 5.91 Å². The van der Waals surface area contributed by atoms with Gasteiger partial charge in [-0.15, -0.1) is 0 Å². The maximum Gasteiger partial charge on any atom is 0.233 e. The van der Waals surface area contributed by atoms with Gasteiger partial charge < -0.3 is 0 Å². The number of thiazole rings is 1. The topological polar surface area (TPSA) is 46.1 Å². The van der Waals surface area contributed by atoms with Crippen molar-refractivity contribution in [1.29, 1.82) is 0 Å². The molecule has 2 heterocycles. The van der Waals surface area contributed by atoms with Crippen LogP contribution in [0.15, 0.2) is 67.0 Å². The molecule has 4 aromatic rings. The maximum atomic E-state index is 13.3. The fraction of sp³-hybridized carbons (Fsp3) is 0.174. The summed E-state index contributed by atoms with van der Waals surface area (Å²) in [6.45, 7) is 4.57. The number of rotatable bonds is 5. The third-order valence-electron chi connectivity index (χ3n) is 4.72. The van der Waals surface area contributed by atoms with E-state index in [9.17, 15) is 4.79 Å². The van der Waals surface area contributed by atoms with Gasteiger partial charge in [0.25, 0.3) is 0 Å². The molecule has 0 N–H and O–H groups in total. The zero-order valence-corrected chi connectivity index (χ0v) is 16.7. The predicted molar refractivity (Wildman–Crippen MR) is 115 cm³/mol. The fourth-order valence-electron chi connectivity index (χ4n) is 3.21. The molecule has 2 aromatic heterocycles. The van der Waals surface area contributed by atoms with Crippen LogP contribution in [0.2, 0.25) is 0 Å². The van der Waals surface area contributed by atoms with Gasteiger partial charge in [-0.25, -0.2) is 4.98 Å². The highest BCUT2D eigenvalue weighted by Gasteiger charge is 2.21. The average Bonchev–Trinajstić information content (AvgIpc) is 3.13. The minimum atomic E-state index is 0.0369. The van der Waals surface area contributed by atoms with Crippen molar-refractivity contribution in [2.24, 2.45) is 0 Å². The zero-order valence-electron chi connectivity index (χ0n) is 15.9. The monoisotopic (exact) mass is 387 g/mol. The van der Waals surface area contributed by atoms with Crippen molar-refractivity contribution >= 4 is 32.6 Å². The van der Waals surface area contributed by atoms with Gasteiger partial charge in [-0.3, -0.25) is 14.7 Å². The molecule has 0 aliphatic heterocycles. The molecular formula is C23H21N3OS. The van der Waals surface area contributed by atoms with Gasteiger partial charge in [0, 0.05) is 12.4 Å². The number of pyridine rings is 1. The van der Waals surface area contributed by atoms with Crippen LogP contribution in [0.5, 0.6) is 0 Å². The number of benzene rings is 2. The highest BCUT2D eigenvalue weighted by molar-refractivity contribution is 7.22. The van der Waals surface area contributed by atoms with Crippen LogP contribution in [-0.2, 0) is 17.8 Å². The fourth-order valence-corrected chi connectivity index (χ4v) is 4.20. The third kappa shape index (κ3) is 3.94. The summed E-state index contributed by atoms with van der Waals surface area (Å²) in [4.78, 5) is 24.0. The Labute approximate surface area is 168 Å². The molecule has 0 aliphatic rings. The highest BCUT2D eigenvalue weighted by atomic mass is 32.1. The first-order chi connectivity index (χ1) is 13.6. The summed E-state index contributed by atoms with van der Waals surface area (Å²) in [5, 5.41) is 0.722. The lowest BCUT2D eigenvalue weighted by atomic mass is 10.0. The minimum Gasteiger partial charge on any atom is -0.283 e. The van der Waals surface area contributed by atoms with Crippen LogP contribution in [0.25, 0.3) is 10.2 Å². The first-order valence-corrected chi connectivity index (χ1v) is 10.0. The van der Waals surface area contributed by atoms with Gasteiger partial charge >= 0.3 is 0 Å². The summed E-state index contributed by atoms with van der Waals surface area (Å²) in [6.07, 6.45) is 3.88. The number of amides is 1. The standard InChI is InChI=1S/C23H21N3OS/c1-16-9-10-19(17(2)12-16)13-22(27)26(15-18-6-5-11-24-14-18)23-25-20-7-3-4-8-21(20)28-23/h3-12,14H,13,15H2,1-2H3. The lowest BCUT2D eigenvalue weighted by Gasteiger charge is -2.20. The van der Waals surface area contributed by atoms with E-state index in [0.29, 0.717) is 13.0 Å². The second-order valence-corrected chi connectivity index (χ2v) is 7.92. The molecular weight excluding hydrogens is 366 g/mol. The van der Waals surface area contributed by atoms with E-state index in [1.54, 1.807) is 28.6 Å². The van der Waals surface area contributed by atoms with Gasteiger partial charge in [0.1, 0.15) is 0 Å². The van der Waals surface area contributed by atoms with Crippen LogP contribution in [0.1, 0.15) is 22.3 Å². The lowest BCUT2D eigenvalue weighted by Crippen LogP contribution is -2.32. The average molecular weight is 388 g/mol. The first kappa shape index (κ1) is 18.3. The molecule has 0 radical (unpaired) electrons. The predicted octanol–water partition coefficient (Wildman–Crippen LogP) is 5.08. The molecule has 0 spiro atoms. The summed E-state index contributed by atoms with van der Waals surface area (Å²) in [6, 6.07) is 18.1. The van der Waals surface area contributed by atoms with Crippen LogP contribution in [-0.4, -0.2) is 15.9 Å². The molecule has 2 aromatic carbocycles. The van der Waals surface area contributed by atoms with E-state index in [4.69, 9.17) is 4.98 Å². The third-order valence-corrected chi connectivity index (χ3v) is 5.78. The van der Waals surface area contributed by atoms with Crippen molar-refractivity contribution in [3.8, 4) is 0 Å². The molecule has 0 atom stereocenters. The van der Waals surface area contributed by atoms with Crippen LogP contribution < -0.4 is 4.90 Å². The number of nitrogens with zero attached hydrogens (tertiary/aromatic N) is 3. The molecule has 0 saturated carbocycles. The Morgan fingerprint density at radius 2 is 1.93 bits per heavy atom. The van der Waals surface area contributed by atoms with Crippen molar-refractivity contribution in [2.75, 3.05) is 4.90 Å². The largest absolute Gasteiger partial charge is 0.283 e. The molecule has 4 rings (SSSR count). The number of fused-ring (bicyclic) bond motifs is 1. The molecule has 28 heavy (non-hydrogen) atoms. The van der Waals surface area contributed by atoms with E-state index < -0.39 is 0 Å². The summed E-state index contributed by atoms with van der Waals surface area (Å²) >= 11 is 1.54. The molecule has 0 fully saturated rings. The highest BCUT2D eigenvalue weighted by Crippen LogP contribution is 2.30. The van der Waals surface area contributed by atoms with E-state index in [1.807, 2.05) is 42.5 Å². The number of carbonyl (C=O) groups is 1. The molecule has 5 heteroatoms. The number of hydrogen-bond acceptors (Lipinski definition) is 4. The maximum absolute atomic E-state index is 13.3. The van der Waals surface area contributed by atoms with Crippen molar-refractivity contribution in [2.45, 2.75) is 26.8 Å². The zero-order chi connectivity index (χ0) is 19.5. The van der Waals surface area contributed by atoms with E-state index in [1.165, 1.54) is 5.56 Å². The van der Waals surface area contributed by atoms with Gasteiger partial charge in [0.05, 0.1) is 23.2 Å². The van der Waals surface area contributed by atoms with Crippen LogP contribution in [0.4, 0.5) is 5.13 Å². The smallest absolute Gasteiger partial charge is 0.233 e. The Bertz CT molecular complexity index is 1090.